The fourth-order valence-electron chi connectivity index (χ4n) is 1.69. The lowest BCUT2D eigenvalue weighted by molar-refractivity contribution is -0.384. The first-order valence-corrected chi connectivity index (χ1v) is 5.15. The summed E-state index contributed by atoms with van der Waals surface area (Å²) in [7, 11) is 0. The molecular formula is C10H9F3N2O3. The maximum Gasteiger partial charge on any atom is 0.416 e. The first-order chi connectivity index (χ1) is 8.39. The first-order valence-electron chi connectivity index (χ1n) is 5.15. The van der Waals surface area contributed by atoms with E-state index in [0.29, 0.717) is 25.6 Å². The highest BCUT2D eigenvalue weighted by atomic mass is 19.4. The number of hydrogen-bond acceptors (Lipinski definition) is 4. The van der Waals surface area contributed by atoms with Gasteiger partial charge in [-0.2, -0.15) is 13.2 Å². The van der Waals surface area contributed by atoms with Gasteiger partial charge in [0.15, 0.2) is 0 Å². The largest absolute Gasteiger partial charge is 0.416 e. The molecule has 1 fully saturated rings. The molecule has 0 N–H and O–H groups in total. The third-order valence-electron chi connectivity index (χ3n) is 2.52. The van der Waals surface area contributed by atoms with E-state index in [4.69, 9.17) is 4.84 Å². The lowest BCUT2D eigenvalue weighted by Crippen LogP contribution is -2.18. The maximum atomic E-state index is 12.5. The van der Waals surface area contributed by atoms with Gasteiger partial charge < -0.3 is 0 Å². The van der Waals surface area contributed by atoms with E-state index in [1.165, 1.54) is 5.06 Å². The normalized spacial score (nSPS) is 16.1. The van der Waals surface area contributed by atoms with Crippen molar-refractivity contribution in [2.45, 2.75) is 12.6 Å². The van der Waals surface area contributed by atoms with Crippen molar-refractivity contribution in [3.63, 3.8) is 0 Å². The lowest BCUT2D eigenvalue weighted by Gasteiger charge is -2.17. The van der Waals surface area contributed by atoms with Gasteiger partial charge in [0.2, 0.25) is 0 Å². The third-order valence-corrected chi connectivity index (χ3v) is 2.52. The number of nitro groups is 1. The van der Waals surface area contributed by atoms with Crippen LogP contribution in [0, 0.1) is 10.1 Å². The van der Waals surface area contributed by atoms with Gasteiger partial charge in [-0.3, -0.25) is 15.0 Å². The molecule has 0 amide bonds. The maximum absolute atomic E-state index is 12.5. The molecule has 18 heavy (non-hydrogen) atoms. The monoisotopic (exact) mass is 262 g/mol. The highest BCUT2D eigenvalue weighted by Crippen LogP contribution is 2.37. The van der Waals surface area contributed by atoms with E-state index in [2.05, 4.69) is 0 Å². The molecule has 98 valence electrons. The fourth-order valence-corrected chi connectivity index (χ4v) is 1.69. The molecule has 1 aliphatic heterocycles. The smallest absolute Gasteiger partial charge is 0.273 e. The van der Waals surface area contributed by atoms with Crippen LogP contribution in [0.25, 0.3) is 0 Å². The van der Waals surface area contributed by atoms with Crippen LogP contribution in [0.2, 0.25) is 0 Å². The average molecular weight is 262 g/mol. The number of hydroxylamine groups is 1. The summed E-state index contributed by atoms with van der Waals surface area (Å²) in [6, 6.07) is 2.40. The number of nitro benzene ring substituents is 1. The molecular weight excluding hydrogens is 253 g/mol. The SMILES string of the molecule is O=[N+]([O-])c1cc(C(F)(F)F)ccc1N1CCCO1. The molecule has 8 heteroatoms. The number of halogens is 3. The van der Waals surface area contributed by atoms with Gasteiger partial charge in [0.25, 0.3) is 5.69 Å². The van der Waals surface area contributed by atoms with Crippen molar-refractivity contribution in [2.24, 2.45) is 0 Å². The van der Waals surface area contributed by atoms with E-state index in [-0.39, 0.29) is 5.69 Å². The lowest BCUT2D eigenvalue weighted by atomic mass is 10.1. The molecule has 1 aromatic rings. The summed E-state index contributed by atoms with van der Waals surface area (Å²) in [5.74, 6) is 0. The number of anilines is 1. The minimum atomic E-state index is -4.60. The van der Waals surface area contributed by atoms with Crippen LogP contribution >= 0.6 is 0 Å². The second-order valence-corrected chi connectivity index (χ2v) is 3.75. The van der Waals surface area contributed by atoms with Crippen molar-refractivity contribution in [1.29, 1.82) is 0 Å². The minimum Gasteiger partial charge on any atom is -0.273 e. The first kappa shape index (κ1) is 12.6. The van der Waals surface area contributed by atoms with Crippen LogP contribution in [0.15, 0.2) is 18.2 Å². The van der Waals surface area contributed by atoms with Crippen LogP contribution in [0.5, 0.6) is 0 Å². The molecule has 5 nitrogen and oxygen atoms in total. The standard InChI is InChI=1S/C10H9F3N2O3/c11-10(12,13)7-2-3-8(9(6-7)15(16)17)14-4-1-5-18-14/h2-3,6H,1,4-5H2. The van der Waals surface area contributed by atoms with E-state index in [0.717, 1.165) is 12.1 Å². The minimum absolute atomic E-state index is 0.0468. The Morgan fingerprint density at radius 3 is 2.61 bits per heavy atom. The van der Waals surface area contributed by atoms with Crippen LogP contribution in [0.4, 0.5) is 24.5 Å². The summed E-state index contributed by atoms with van der Waals surface area (Å²) in [6.07, 6.45) is -3.92. The summed E-state index contributed by atoms with van der Waals surface area (Å²) in [5.41, 5.74) is -1.60. The van der Waals surface area contributed by atoms with Crippen molar-refractivity contribution in [1.82, 2.24) is 0 Å². The molecule has 0 aliphatic carbocycles. The molecule has 0 bridgehead atoms. The molecule has 2 rings (SSSR count). The predicted molar refractivity (Wildman–Crippen MR) is 56.0 cm³/mol. The number of rotatable bonds is 2. The number of alkyl halides is 3. The Labute approximate surface area is 99.9 Å². The van der Waals surface area contributed by atoms with Gasteiger partial charge >= 0.3 is 6.18 Å². The van der Waals surface area contributed by atoms with Crippen molar-refractivity contribution < 1.29 is 22.9 Å². The van der Waals surface area contributed by atoms with Crippen LogP contribution < -0.4 is 5.06 Å². The number of benzene rings is 1. The summed E-state index contributed by atoms with van der Waals surface area (Å²) < 4.78 is 37.4. The Balaban J connectivity index is 2.44. The Hall–Kier alpha value is -1.83. The summed E-state index contributed by atoms with van der Waals surface area (Å²) in [5, 5.41) is 12.1. The Morgan fingerprint density at radius 1 is 1.39 bits per heavy atom. The van der Waals surface area contributed by atoms with Crippen LogP contribution in [-0.2, 0) is 11.0 Å². The molecule has 1 aromatic carbocycles. The average Bonchev–Trinajstić information content (AvgIpc) is 2.80. The van der Waals surface area contributed by atoms with Crippen molar-refractivity contribution in [2.75, 3.05) is 18.2 Å². The van der Waals surface area contributed by atoms with Crippen LogP contribution in [0.1, 0.15) is 12.0 Å². The summed E-state index contributed by atoms with van der Waals surface area (Å²) in [6.45, 7) is 0.824. The van der Waals surface area contributed by atoms with E-state index in [9.17, 15) is 23.3 Å². The molecule has 0 unspecified atom stereocenters. The zero-order valence-electron chi connectivity index (χ0n) is 9.11. The molecule has 0 saturated carbocycles. The number of hydrogen-bond donors (Lipinski definition) is 0. The zero-order chi connectivity index (χ0) is 13.3. The zero-order valence-corrected chi connectivity index (χ0v) is 9.11. The van der Waals surface area contributed by atoms with Crippen molar-refractivity contribution in [3.8, 4) is 0 Å². The Kier molecular flexibility index (Phi) is 3.12. The van der Waals surface area contributed by atoms with Gasteiger partial charge in [-0.25, -0.2) is 5.06 Å². The molecule has 0 atom stereocenters. The molecule has 0 aromatic heterocycles. The highest BCUT2D eigenvalue weighted by Gasteiger charge is 2.34. The fraction of sp³-hybridized carbons (Fsp3) is 0.400. The second kappa shape index (κ2) is 4.45. The molecule has 1 heterocycles. The summed E-state index contributed by atoms with van der Waals surface area (Å²) >= 11 is 0. The van der Waals surface area contributed by atoms with E-state index in [1.807, 2.05) is 0 Å². The van der Waals surface area contributed by atoms with Crippen molar-refractivity contribution >= 4 is 11.4 Å². The molecule has 0 spiro atoms. The molecule has 1 saturated heterocycles. The van der Waals surface area contributed by atoms with Crippen molar-refractivity contribution in [3.05, 3.63) is 33.9 Å². The van der Waals surface area contributed by atoms with Gasteiger partial charge in [0.1, 0.15) is 5.69 Å². The number of nitrogens with zero attached hydrogens (tertiary/aromatic N) is 2. The van der Waals surface area contributed by atoms with Crippen LogP contribution in [-0.4, -0.2) is 18.1 Å². The van der Waals surface area contributed by atoms with Gasteiger partial charge in [-0.05, 0) is 18.6 Å². The third kappa shape index (κ3) is 2.37. The quantitative estimate of drug-likeness (QED) is 0.607. The van der Waals surface area contributed by atoms with E-state index < -0.39 is 22.4 Å². The summed E-state index contributed by atoms with van der Waals surface area (Å²) in [4.78, 5) is 15.1. The van der Waals surface area contributed by atoms with Gasteiger partial charge in [0, 0.05) is 12.6 Å². The highest BCUT2D eigenvalue weighted by molar-refractivity contribution is 5.63. The molecule has 1 aliphatic rings. The van der Waals surface area contributed by atoms with Gasteiger partial charge in [-0.1, -0.05) is 0 Å². The Bertz CT molecular complexity index is 470. The second-order valence-electron chi connectivity index (χ2n) is 3.75. The Morgan fingerprint density at radius 2 is 2.11 bits per heavy atom. The van der Waals surface area contributed by atoms with E-state index in [1.54, 1.807) is 0 Å². The van der Waals surface area contributed by atoms with E-state index >= 15 is 0 Å². The topological polar surface area (TPSA) is 55.6 Å². The predicted octanol–water partition coefficient (Wildman–Crippen LogP) is 2.76. The van der Waals surface area contributed by atoms with Gasteiger partial charge in [0.05, 0.1) is 17.1 Å². The van der Waals surface area contributed by atoms with Gasteiger partial charge in [-0.15, -0.1) is 0 Å². The van der Waals surface area contributed by atoms with Crippen LogP contribution in [0.3, 0.4) is 0 Å². The molecule has 0 radical (unpaired) electrons.